The smallest absolute Gasteiger partial charge is 0.312 e. The normalized spacial score (nSPS) is 12.2. The molecule has 0 fully saturated rings. The maximum atomic E-state index is 13.1. The number of rotatable bonds is 11. The third-order valence-electron chi connectivity index (χ3n) is 6.29. The molecule has 0 radical (unpaired) electrons. The van der Waals surface area contributed by atoms with E-state index in [-0.39, 0.29) is 19.1 Å². The summed E-state index contributed by atoms with van der Waals surface area (Å²) in [5, 5.41) is 10.3. The fourth-order valence-corrected chi connectivity index (χ4v) is 5.67. The van der Waals surface area contributed by atoms with Gasteiger partial charge >= 0.3 is 7.82 Å². The number of phosphoric ester groups is 1. The van der Waals surface area contributed by atoms with Gasteiger partial charge in [-0.3, -0.25) is 18.4 Å². The Bertz CT molecular complexity index is 1630. The van der Waals surface area contributed by atoms with Crippen LogP contribution in [0.25, 0.3) is 33.3 Å². The maximum absolute atomic E-state index is 13.1. The molecule has 1 atom stereocenters. The molecule has 0 aliphatic heterocycles. The highest BCUT2D eigenvalue weighted by Gasteiger charge is 2.30. The molecule has 0 saturated carbocycles. The lowest BCUT2D eigenvalue weighted by Crippen LogP contribution is -2.23. The number of benzene rings is 2. The number of hydrogen-bond acceptors (Lipinski definition) is 7. The number of carbonyl (C=O) groups is 1. The number of likely N-dealkylation sites (N-methyl/N-ethyl adjacent to an activating group) is 1. The summed E-state index contributed by atoms with van der Waals surface area (Å²) in [6, 6.07) is 19.0. The molecule has 0 aliphatic rings. The van der Waals surface area contributed by atoms with Gasteiger partial charge in [0.1, 0.15) is 11.9 Å². The lowest BCUT2D eigenvalue weighted by molar-refractivity contribution is -0.113. The number of pyridine rings is 1. The van der Waals surface area contributed by atoms with Crippen molar-refractivity contribution in [3.05, 3.63) is 85.2 Å². The molecule has 1 amide bonds. The van der Waals surface area contributed by atoms with Gasteiger partial charge in [0.15, 0.2) is 0 Å². The van der Waals surface area contributed by atoms with Crippen LogP contribution in [-0.4, -0.2) is 35.7 Å². The molecule has 206 valence electrons. The molecule has 1 unspecified atom stereocenters. The topological polar surface area (TPSA) is 107 Å². The zero-order valence-electron chi connectivity index (χ0n) is 22.9. The second-order valence-corrected chi connectivity index (χ2v) is 10.5. The lowest BCUT2D eigenvalue weighted by Gasteiger charge is -2.22. The Hall–Kier alpha value is -4.06. The summed E-state index contributed by atoms with van der Waals surface area (Å²) in [5.41, 5.74) is 5.14. The Morgan fingerprint density at radius 2 is 1.82 bits per heavy atom. The first-order chi connectivity index (χ1) is 19.2. The van der Waals surface area contributed by atoms with Gasteiger partial charge in [0, 0.05) is 41.6 Å². The van der Waals surface area contributed by atoms with Crippen molar-refractivity contribution in [3.8, 4) is 28.3 Å². The number of nitriles is 1. The first-order valence-electron chi connectivity index (χ1n) is 12.8. The Balaban J connectivity index is 1.86. The maximum Gasteiger partial charge on any atom is 0.476 e. The molecule has 10 heteroatoms. The number of aromatic nitrogens is 2. The van der Waals surface area contributed by atoms with Gasteiger partial charge in [0.25, 0.3) is 0 Å². The number of anilines is 1. The largest absolute Gasteiger partial charge is 0.476 e. The van der Waals surface area contributed by atoms with Gasteiger partial charge in [-0.2, -0.15) is 5.26 Å². The van der Waals surface area contributed by atoms with Crippen LogP contribution in [0, 0.1) is 11.3 Å². The highest BCUT2D eigenvalue weighted by Crippen LogP contribution is 2.52. The van der Waals surface area contributed by atoms with Crippen molar-refractivity contribution in [2.45, 2.75) is 27.0 Å². The molecule has 4 rings (SSSR count). The van der Waals surface area contributed by atoms with Crippen molar-refractivity contribution in [3.63, 3.8) is 0 Å². The molecule has 2 heterocycles. The minimum absolute atomic E-state index is 0.164. The Morgan fingerprint density at radius 3 is 2.50 bits per heavy atom. The van der Waals surface area contributed by atoms with Crippen molar-refractivity contribution in [2.75, 3.05) is 25.2 Å². The highest BCUT2D eigenvalue weighted by molar-refractivity contribution is 7.48. The molecule has 4 aromatic rings. The predicted octanol–water partition coefficient (Wildman–Crippen LogP) is 7.11. The van der Waals surface area contributed by atoms with E-state index in [4.69, 9.17) is 18.6 Å². The van der Waals surface area contributed by atoms with E-state index in [1.165, 1.54) is 11.0 Å². The summed E-state index contributed by atoms with van der Waals surface area (Å²) < 4.78 is 31.4. The summed E-state index contributed by atoms with van der Waals surface area (Å²) in [4.78, 5) is 18.4. The molecular weight excluding hydrogens is 527 g/mol. The van der Waals surface area contributed by atoms with E-state index in [1.807, 2.05) is 48.7 Å². The van der Waals surface area contributed by atoms with E-state index in [9.17, 15) is 14.6 Å². The van der Waals surface area contributed by atoms with Crippen LogP contribution in [0.1, 0.15) is 32.6 Å². The predicted molar refractivity (Wildman–Crippen MR) is 156 cm³/mol. The number of carbonyl (C=O) groups excluding carboxylic acids is 1. The average Bonchev–Trinajstić information content (AvgIpc) is 3.35. The van der Waals surface area contributed by atoms with Gasteiger partial charge in [0.2, 0.25) is 5.91 Å². The van der Waals surface area contributed by atoms with Gasteiger partial charge < -0.3 is 9.47 Å². The van der Waals surface area contributed by atoms with Gasteiger partial charge in [0.05, 0.1) is 24.8 Å². The summed E-state index contributed by atoms with van der Waals surface area (Å²) in [6.07, 6.45) is 4.11. The second kappa shape index (κ2) is 12.4. The summed E-state index contributed by atoms with van der Waals surface area (Å²) in [7, 11) is -2.12. The van der Waals surface area contributed by atoms with Crippen LogP contribution >= 0.6 is 7.82 Å². The van der Waals surface area contributed by atoms with Crippen molar-refractivity contribution >= 4 is 30.5 Å². The van der Waals surface area contributed by atoms with Gasteiger partial charge in [-0.15, -0.1) is 0 Å². The van der Waals surface area contributed by atoms with E-state index in [0.717, 1.165) is 27.6 Å². The molecule has 2 aromatic carbocycles. The third kappa shape index (κ3) is 6.06. The number of fused-ring (bicyclic) bond motifs is 1. The van der Waals surface area contributed by atoms with Crippen LogP contribution in [-0.2, 0) is 22.9 Å². The Morgan fingerprint density at radius 1 is 1.12 bits per heavy atom. The molecular formula is C30H31N4O5P. The molecule has 0 aliphatic carbocycles. The van der Waals surface area contributed by atoms with Gasteiger partial charge in [-0.05, 0) is 68.3 Å². The van der Waals surface area contributed by atoms with Crippen molar-refractivity contribution in [2.24, 2.45) is 0 Å². The summed E-state index contributed by atoms with van der Waals surface area (Å²) in [6.45, 7) is 9.07. The molecule has 9 nitrogen and oxygen atoms in total. The number of amides is 1. The SMILES string of the molecule is C=CC(=O)N(C)c1cccc(-c2cnc3c(c2)c(-c2cccc(C#N)c2)cn3C(C)OP(=O)(OCC)OCC)c1. The average molecular weight is 559 g/mol. The zero-order chi connectivity index (χ0) is 28.9. The first kappa shape index (κ1) is 28.9. The Labute approximate surface area is 233 Å². The molecule has 0 spiro atoms. The highest BCUT2D eigenvalue weighted by atomic mass is 31.2. The van der Waals surface area contributed by atoms with Crippen LogP contribution in [0.5, 0.6) is 0 Å². The first-order valence-corrected chi connectivity index (χ1v) is 14.3. The monoisotopic (exact) mass is 558 g/mol. The van der Waals surface area contributed by atoms with Crippen LogP contribution in [0.4, 0.5) is 5.69 Å². The quantitative estimate of drug-likeness (QED) is 0.143. The molecule has 40 heavy (non-hydrogen) atoms. The van der Waals surface area contributed by atoms with Crippen LogP contribution < -0.4 is 4.90 Å². The van der Waals surface area contributed by atoms with Crippen molar-refractivity contribution < 1.29 is 22.9 Å². The zero-order valence-corrected chi connectivity index (χ0v) is 23.8. The Kier molecular flexibility index (Phi) is 8.98. The van der Waals surface area contributed by atoms with E-state index in [2.05, 4.69) is 12.6 Å². The van der Waals surface area contributed by atoms with Gasteiger partial charge in [-0.25, -0.2) is 9.55 Å². The van der Waals surface area contributed by atoms with E-state index in [1.54, 1.807) is 50.7 Å². The molecule has 2 aromatic heterocycles. The molecule has 0 saturated heterocycles. The fourth-order valence-electron chi connectivity index (χ4n) is 4.36. The van der Waals surface area contributed by atoms with E-state index < -0.39 is 14.1 Å². The van der Waals surface area contributed by atoms with Crippen molar-refractivity contribution in [1.82, 2.24) is 9.55 Å². The van der Waals surface area contributed by atoms with E-state index >= 15 is 0 Å². The van der Waals surface area contributed by atoms with Crippen LogP contribution in [0.2, 0.25) is 0 Å². The summed E-state index contributed by atoms with van der Waals surface area (Å²) in [5.74, 6) is -0.215. The third-order valence-corrected chi connectivity index (χ3v) is 8.00. The second-order valence-electron chi connectivity index (χ2n) is 8.88. The van der Waals surface area contributed by atoms with Gasteiger partial charge in [-0.1, -0.05) is 30.8 Å². The number of nitrogens with zero attached hydrogens (tertiary/aromatic N) is 4. The number of phosphoric acid groups is 1. The van der Waals surface area contributed by atoms with Crippen molar-refractivity contribution in [1.29, 1.82) is 5.26 Å². The lowest BCUT2D eigenvalue weighted by atomic mass is 10.0. The molecule has 0 bridgehead atoms. The summed E-state index contributed by atoms with van der Waals surface area (Å²) >= 11 is 0. The molecule has 0 N–H and O–H groups in total. The standard InChI is InChI=1S/C30H31N4O5P/c1-6-29(35)33(5)26-14-10-12-23(16-26)25-17-27-28(24-13-9-11-22(15-24)18-31)20-34(30(27)32-19-25)21(4)39-40(36,37-7-2)38-8-3/h6,9-17,19-21H,1,7-8H2,2-5H3. The minimum Gasteiger partial charge on any atom is -0.312 e. The minimum atomic E-state index is -3.81. The van der Waals surface area contributed by atoms with E-state index in [0.29, 0.717) is 16.9 Å². The number of hydrogen-bond donors (Lipinski definition) is 0. The van der Waals surface area contributed by atoms with Crippen LogP contribution in [0.15, 0.2) is 79.6 Å². The fraction of sp³-hybridized carbons (Fsp3) is 0.233. The van der Waals surface area contributed by atoms with Crippen LogP contribution in [0.3, 0.4) is 0 Å².